The number of nitrogens with one attached hydrogen (secondary N) is 3. The lowest BCUT2D eigenvalue weighted by atomic mass is 10.0. The van der Waals surface area contributed by atoms with E-state index in [0.717, 1.165) is 54.6 Å². The van der Waals surface area contributed by atoms with Crippen LogP contribution in [-0.4, -0.2) is 42.8 Å². The van der Waals surface area contributed by atoms with Gasteiger partial charge in [0.1, 0.15) is 0 Å². The number of anilines is 1. The van der Waals surface area contributed by atoms with Gasteiger partial charge in [-0.05, 0) is 37.4 Å². The summed E-state index contributed by atoms with van der Waals surface area (Å²) in [6, 6.07) is 5.72. The average Bonchev–Trinajstić information content (AvgIpc) is 3.12. The summed E-state index contributed by atoms with van der Waals surface area (Å²) in [6.45, 7) is 4.04. The molecule has 1 unspecified atom stereocenters. The second-order valence-corrected chi connectivity index (χ2v) is 7.68. The molecule has 4 rings (SSSR count). The van der Waals surface area contributed by atoms with Crippen LogP contribution in [0, 0.1) is 0 Å². The van der Waals surface area contributed by atoms with Crippen molar-refractivity contribution in [3.8, 4) is 11.3 Å². The molecule has 0 amide bonds. The van der Waals surface area contributed by atoms with Crippen molar-refractivity contribution in [1.29, 1.82) is 0 Å². The molecule has 4 N–H and O–H groups in total. The summed E-state index contributed by atoms with van der Waals surface area (Å²) in [5.74, 6) is 0.618. The van der Waals surface area contributed by atoms with Crippen LogP contribution in [0.15, 0.2) is 35.5 Å². The lowest BCUT2D eigenvalue weighted by Crippen LogP contribution is -2.38. The molecule has 0 saturated carbocycles. The number of rotatable bonds is 5. The Balaban J connectivity index is 1.76. The predicted molar refractivity (Wildman–Crippen MR) is 107 cm³/mol. The van der Waals surface area contributed by atoms with Crippen LogP contribution in [0.25, 0.3) is 22.2 Å². The van der Waals surface area contributed by atoms with Crippen LogP contribution < -0.4 is 10.6 Å². The molecule has 8 heteroatoms. The minimum Gasteiger partial charge on any atom is -0.359 e. The molecule has 7 nitrogen and oxygen atoms in total. The van der Waals surface area contributed by atoms with E-state index in [1.165, 1.54) is 0 Å². The molecular formula is C19H23N5O2S. The van der Waals surface area contributed by atoms with Gasteiger partial charge in [-0.15, -0.1) is 0 Å². The molecule has 2 atom stereocenters. The third-order valence-corrected chi connectivity index (χ3v) is 5.71. The number of aromatic nitrogens is 3. The maximum absolute atomic E-state index is 11.6. The van der Waals surface area contributed by atoms with Gasteiger partial charge in [0, 0.05) is 35.9 Å². The number of benzene rings is 1. The highest BCUT2D eigenvalue weighted by atomic mass is 32.2. The summed E-state index contributed by atoms with van der Waals surface area (Å²) in [4.78, 5) is 12.8. The Hall–Kier alpha value is -2.29. The van der Waals surface area contributed by atoms with E-state index in [9.17, 15) is 8.76 Å². The first-order chi connectivity index (χ1) is 13.2. The zero-order valence-corrected chi connectivity index (χ0v) is 16.0. The molecule has 0 bridgehead atoms. The number of fused-ring (bicyclic) bond motifs is 1. The molecule has 142 valence electrons. The highest BCUT2D eigenvalue weighted by Gasteiger charge is 2.18. The number of piperidine rings is 1. The summed E-state index contributed by atoms with van der Waals surface area (Å²) in [5, 5.41) is 7.70. The molecule has 0 spiro atoms. The summed E-state index contributed by atoms with van der Waals surface area (Å²) >= 11 is -2.05. The number of nitrogens with zero attached hydrogens (tertiary/aromatic N) is 2. The van der Waals surface area contributed by atoms with E-state index in [2.05, 4.69) is 27.5 Å². The van der Waals surface area contributed by atoms with Crippen molar-refractivity contribution < 1.29 is 8.76 Å². The van der Waals surface area contributed by atoms with Gasteiger partial charge in [-0.3, -0.25) is 0 Å². The normalized spacial score (nSPS) is 18.5. The quantitative estimate of drug-likeness (QED) is 0.504. The van der Waals surface area contributed by atoms with Crippen molar-refractivity contribution in [2.24, 2.45) is 0 Å². The number of hydrogen-bond acceptors (Lipinski definition) is 5. The van der Waals surface area contributed by atoms with E-state index in [4.69, 9.17) is 4.98 Å². The topological polar surface area (TPSA) is 103 Å². The van der Waals surface area contributed by atoms with Gasteiger partial charge in [0.05, 0.1) is 16.1 Å². The van der Waals surface area contributed by atoms with Crippen LogP contribution in [0.2, 0.25) is 0 Å². The number of H-pyrrole nitrogens is 1. The summed E-state index contributed by atoms with van der Waals surface area (Å²) in [7, 11) is 0. The molecular weight excluding hydrogens is 362 g/mol. The molecule has 1 aromatic carbocycles. The predicted octanol–water partition coefficient (Wildman–Crippen LogP) is 2.93. The van der Waals surface area contributed by atoms with Crippen LogP contribution in [0.1, 0.15) is 25.3 Å². The third-order valence-electron chi connectivity index (χ3n) is 5.00. The molecule has 0 aliphatic carbocycles. The second-order valence-electron chi connectivity index (χ2n) is 6.74. The lowest BCUT2D eigenvalue weighted by molar-refractivity contribution is 0.478. The van der Waals surface area contributed by atoms with Gasteiger partial charge in [0.2, 0.25) is 5.95 Å². The summed E-state index contributed by atoms with van der Waals surface area (Å²) in [6.07, 6.45) is 6.77. The Morgan fingerprint density at radius 3 is 3.04 bits per heavy atom. The van der Waals surface area contributed by atoms with Gasteiger partial charge in [-0.1, -0.05) is 19.1 Å². The van der Waals surface area contributed by atoms with Crippen LogP contribution >= 0.6 is 0 Å². The van der Waals surface area contributed by atoms with Crippen LogP contribution in [0.3, 0.4) is 0 Å². The highest BCUT2D eigenvalue weighted by molar-refractivity contribution is 7.79. The van der Waals surface area contributed by atoms with Gasteiger partial charge in [-0.25, -0.2) is 14.2 Å². The van der Waals surface area contributed by atoms with Crippen molar-refractivity contribution >= 4 is 27.9 Å². The molecule has 27 heavy (non-hydrogen) atoms. The minimum absolute atomic E-state index is 0.324. The van der Waals surface area contributed by atoms with Crippen molar-refractivity contribution in [1.82, 2.24) is 20.3 Å². The maximum atomic E-state index is 11.6. The molecule has 1 aliphatic rings. The number of aromatic amines is 1. The van der Waals surface area contributed by atoms with Crippen LogP contribution in [0.5, 0.6) is 0 Å². The smallest absolute Gasteiger partial charge is 0.223 e. The van der Waals surface area contributed by atoms with E-state index in [-0.39, 0.29) is 0 Å². The SMILES string of the molecule is CCc1cnc(N[C@H]2CCCNC2)nc1-c1c[nH]c2c(S(=O)O)cccc12. The molecule has 0 radical (unpaired) electrons. The minimum atomic E-state index is -2.05. The molecule has 2 aromatic heterocycles. The van der Waals surface area contributed by atoms with Gasteiger partial charge in [0.25, 0.3) is 0 Å². The van der Waals surface area contributed by atoms with Gasteiger partial charge < -0.3 is 20.2 Å². The highest BCUT2D eigenvalue weighted by Crippen LogP contribution is 2.32. The Bertz CT molecular complexity index is 981. The van der Waals surface area contributed by atoms with E-state index >= 15 is 0 Å². The fourth-order valence-electron chi connectivity index (χ4n) is 3.59. The molecule has 1 aliphatic heterocycles. The number of para-hydroxylation sites is 1. The van der Waals surface area contributed by atoms with E-state index in [0.29, 0.717) is 22.4 Å². The third kappa shape index (κ3) is 3.60. The first-order valence-corrected chi connectivity index (χ1v) is 10.3. The average molecular weight is 385 g/mol. The Morgan fingerprint density at radius 2 is 2.30 bits per heavy atom. The van der Waals surface area contributed by atoms with Gasteiger partial charge in [-0.2, -0.15) is 0 Å². The van der Waals surface area contributed by atoms with E-state index < -0.39 is 11.1 Å². The Labute approximate surface area is 160 Å². The number of aryl methyl sites for hydroxylation is 1. The fraction of sp³-hybridized carbons (Fsp3) is 0.368. The van der Waals surface area contributed by atoms with Gasteiger partial charge in [0.15, 0.2) is 11.1 Å². The first-order valence-electron chi connectivity index (χ1n) is 9.22. The fourth-order valence-corrected chi connectivity index (χ4v) is 4.13. The van der Waals surface area contributed by atoms with E-state index in [1.807, 2.05) is 18.5 Å². The van der Waals surface area contributed by atoms with Crippen molar-refractivity contribution in [2.45, 2.75) is 37.1 Å². The van der Waals surface area contributed by atoms with Crippen molar-refractivity contribution in [3.05, 3.63) is 36.2 Å². The summed E-state index contributed by atoms with van der Waals surface area (Å²) in [5.41, 5.74) is 3.48. The Kier molecular flexibility index (Phi) is 5.20. The monoisotopic (exact) mass is 385 g/mol. The Morgan fingerprint density at radius 1 is 1.41 bits per heavy atom. The maximum Gasteiger partial charge on any atom is 0.223 e. The number of hydrogen-bond donors (Lipinski definition) is 4. The molecule has 3 aromatic rings. The second kappa shape index (κ2) is 7.75. The molecule has 1 fully saturated rings. The zero-order valence-electron chi connectivity index (χ0n) is 15.2. The zero-order chi connectivity index (χ0) is 18.8. The largest absolute Gasteiger partial charge is 0.359 e. The molecule has 3 heterocycles. The van der Waals surface area contributed by atoms with Crippen molar-refractivity contribution in [2.75, 3.05) is 18.4 Å². The van der Waals surface area contributed by atoms with Gasteiger partial charge >= 0.3 is 0 Å². The van der Waals surface area contributed by atoms with Crippen molar-refractivity contribution in [3.63, 3.8) is 0 Å². The lowest BCUT2D eigenvalue weighted by Gasteiger charge is -2.24. The standard InChI is InChI=1S/C19H23N5O2S/c1-2-12-9-22-19(23-13-5-4-8-20-10-13)24-17(12)15-11-21-18-14(15)6-3-7-16(18)27(25)26/h3,6-7,9,11,13,20-21H,2,4-5,8,10H2,1H3,(H,25,26)(H,22,23,24)/t13-/m0/s1. The van der Waals surface area contributed by atoms with Crippen LogP contribution in [0.4, 0.5) is 5.95 Å². The molecule has 1 saturated heterocycles. The van der Waals surface area contributed by atoms with E-state index in [1.54, 1.807) is 12.1 Å². The summed E-state index contributed by atoms with van der Waals surface area (Å²) < 4.78 is 21.1. The first kappa shape index (κ1) is 18.1. The van der Waals surface area contributed by atoms with Crippen LogP contribution in [-0.2, 0) is 17.5 Å².